The smallest absolute Gasteiger partial charge is 0.346 e. The summed E-state index contributed by atoms with van der Waals surface area (Å²) in [6.07, 6.45) is 1.99. The zero-order valence-corrected chi connectivity index (χ0v) is 22.4. The Bertz CT molecular complexity index is 1390. The lowest BCUT2D eigenvalue weighted by Gasteiger charge is -2.24. The lowest BCUT2D eigenvalue weighted by molar-refractivity contribution is 0.332. The number of anilines is 2. The third-order valence-electron chi connectivity index (χ3n) is 5.22. The predicted octanol–water partition coefficient (Wildman–Crippen LogP) is 2.64. The Hall–Kier alpha value is -2.69. The van der Waals surface area contributed by atoms with Crippen LogP contribution in [-0.4, -0.2) is 40.3 Å². The van der Waals surface area contributed by atoms with Crippen molar-refractivity contribution < 1.29 is 23.0 Å². The van der Waals surface area contributed by atoms with Gasteiger partial charge in [-0.05, 0) is 42.4 Å². The monoisotopic (exact) mass is 525 g/mol. The highest BCUT2D eigenvalue weighted by Crippen LogP contribution is 2.47. The van der Waals surface area contributed by atoms with Crippen LogP contribution in [-0.2, 0) is 27.6 Å². The van der Waals surface area contributed by atoms with Crippen LogP contribution >= 0.6 is 7.52 Å². The second-order valence-corrected chi connectivity index (χ2v) is 13.8. The van der Waals surface area contributed by atoms with E-state index in [9.17, 15) is 27.8 Å². The molecule has 4 N–H and O–H groups in total. The highest BCUT2D eigenvalue weighted by atomic mass is 32.2. The van der Waals surface area contributed by atoms with Gasteiger partial charge in [0.2, 0.25) is 10.0 Å². The fourth-order valence-corrected chi connectivity index (χ4v) is 5.39. The van der Waals surface area contributed by atoms with Gasteiger partial charge in [-0.25, -0.2) is 13.1 Å². The van der Waals surface area contributed by atoms with Crippen molar-refractivity contribution in [2.24, 2.45) is 16.1 Å². The van der Waals surface area contributed by atoms with Crippen molar-refractivity contribution in [2.45, 2.75) is 54.0 Å². The molecule has 1 aromatic heterocycles. The van der Waals surface area contributed by atoms with Crippen molar-refractivity contribution in [1.29, 1.82) is 0 Å². The van der Waals surface area contributed by atoms with Crippen LogP contribution in [0.25, 0.3) is 0 Å². The molecule has 0 spiro atoms. The summed E-state index contributed by atoms with van der Waals surface area (Å²) < 4.78 is 43.6. The van der Waals surface area contributed by atoms with Crippen LogP contribution < -0.4 is 20.9 Å². The number of rotatable bonds is 7. The molecule has 1 unspecified atom stereocenters. The summed E-state index contributed by atoms with van der Waals surface area (Å²) in [5.41, 5.74) is -0.389. The average molecular weight is 526 g/mol. The molecule has 2 heterocycles. The third-order valence-corrected chi connectivity index (χ3v) is 7.29. The largest absolute Gasteiger partial charge is 0.505 e. The standard InChI is InChI=1S/C22H32N5O6PS/c1-13(2)11-16-19(28)18(21(29)27(24-16)10-9-22(3,4)5)20-23-15-8-7-14(26-35(6,32)33)12-17(15)34(30,31)25-20/h7-8,12-13,26,28H,9-11H2,1-6H3,(H2,23,25,30,31). The lowest BCUT2D eigenvalue weighted by atomic mass is 9.92. The first-order valence-electron chi connectivity index (χ1n) is 11.1. The van der Waals surface area contributed by atoms with Gasteiger partial charge in [-0.2, -0.15) is 9.86 Å². The van der Waals surface area contributed by atoms with Crippen LogP contribution in [0.1, 0.15) is 52.3 Å². The molecule has 13 heteroatoms. The summed E-state index contributed by atoms with van der Waals surface area (Å²) in [7, 11) is -8.02. The number of fused-ring (bicyclic) bond motifs is 1. The third kappa shape index (κ3) is 6.50. The van der Waals surface area contributed by atoms with E-state index in [1.807, 2.05) is 34.6 Å². The number of sulfonamides is 1. The van der Waals surface area contributed by atoms with E-state index in [1.165, 1.54) is 22.9 Å². The van der Waals surface area contributed by atoms with E-state index in [4.69, 9.17) is 0 Å². The molecule has 0 aliphatic carbocycles. The Morgan fingerprint density at radius 1 is 1.26 bits per heavy atom. The first-order chi connectivity index (χ1) is 16.0. The quantitative estimate of drug-likeness (QED) is 0.401. The maximum Gasteiger partial charge on any atom is 0.346 e. The molecule has 0 amide bonds. The van der Waals surface area contributed by atoms with Crippen molar-refractivity contribution in [1.82, 2.24) is 9.78 Å². The van der Waals surface area contributed by atoms with Gasteiger partial charge >= 0.3 is 7.52 Å². The first kappa shape index (κ1) is 26.9. The van der Waals surface area contributed by atoms with E-state index >= 15 is 0 Å². The van der Waals surface area contributed by atoms with E-state index in [-0.39, 0.29) is 45.2 Å². The molecule has 0 radical (unpaired) electrons. The lowest BCUT2D eigenvalue weighted by Crippen LogP contribution is -2.35. The highest BCUT2D eigenvalue weighted by molar-refractivity contribution is 7.92. The van der Waals surface area contributed by atoms with E-state index in [0.29, 0.717) is 25.1 Å². The molecule has 11 nitrogen and oxygen atoms in total. The Morgan fingerprint density at radius 3 is 2.49 bits per heavy atom. The van der Waals surface area contributed by atoms with E-state index in [2.05, 4.69) is 19.9 Å². The summed E-state index contributed by atoms with van der Waals surface area (Å²) in [6.45, 7) is 10.3. The molecule has 0 saturated carbocycles. The molecule has 0 bridgehead atoms. The molecule has 35 heavy (non-hydrogen) atoms. The topological polar surface area (TPSA) is 163 Å². The van der Waals surface area contributed by atoms with Gasteiger partial charge in [-0.1, -0.05) is 34.6 Å². The second-order valence-electron chi connectivity index (χ2n) is 10.3. The van der Waals surface area contributed by atoms with Gasteiger partial charge in [0.15, 0.2) is 11.6 Å². The highest BCUT2D eigenvalue weighted by Gasteiger charge is 2.34. The molecular weight excluding hydrogens is 493 g/mol. The van der Waals surface area contributed by atoms with Gasteiger partial charge < -0.3 is 15.3 Å². The normalized spacial score (nSPS) is 18.1. The number of hydrogen-bond acceptors (Lipinski definition) is 7. The molecule has 1 aliphatic heterocycles. The van der Waals surface area contributed by atoms with Crippen molar-refractivity contribution in [3.8, 4) is 5.75 Å². The molecule has 0 saturated heterocycles. The second kappa shape index (κ2) is 9.40. The Morgan fingerprint density at radius 2 is 1.91 bits per heavy atom. The number of aromatic hydroxyl groups is 1. The number of nitrogens with one attached hydrogen (secondary N) is 2. The van der Waals surface area contributed by atoms with E-state index < -0.39 is 23.1 Å². The van der Waals surface area contributed by atoms with Crippen molar-refractivity contribution >= 4 is 40.1 Å². The summed E-state index contributed by atoms with van der Waals surface area (Å²) in [5, 5.41) is 18.1. The van der Waals surface area contributed by atoms with Gasteiger partial charge in [0.25, 0.3) is 5.56 Å². The molecule has 192 valence electrons. The number of aryl methyl sites for hydroxylation is 1. The van der Waals surface area contributed by atoms with Gasteiger partial charge in [0.1, 0.15) is 11.3 Å². The average Bonchev–Trinajstić information content (AvgIpc) is 2.67. The minimum Gasteiger partial charge on any atom is -0.505 e. The molecule has 0 fully saturated rings. The SMILES string of the molecule is CC(C)Cc1nn(CCC(C)(C)C)c(=O)c(C2=NP(=O)(O)c3cc(NS(C)(=O)=O)ccc3N2)c1O. The van der Waals surface area contributed by atoms with Crippen LogP contribution in [0.2, 0.25) is 0 Å². The molecule has 3 rings (SSSR count). The van der Waals surface area contributed by atoms with Crippen LogP contribution in [0.4, 0.5) is 11.4 Å². The summed E-state index contributed by atoms with van der Waals surface area (Å²) in [5.74, 6) is -0.506. The van der Waals surface area contributed by atoms with Crippen molar-refractivity contribution in [3.05, 3.63) is 39.8 Å². The summed E-state index contributed by atoms with van der Waals surface area (Å²) >= 11 is 0. The fraction of sp³-hybridized carbons (Fsp3) is 0.500. The van der Waals surface area contributed by atoms with Crippen LogP contribution in [0, 0.1) is 11.3 Å². The van der Waals surface area contributed by atoms with E-state index in [0.717, 1.165) is 6.26 Å². The zero-order valence-electron chi connectivity index (χ0n) is 20.7. The molecule has 1 aromatic carbocycles. The van der Waals surface area contributed by atoms with Crippen molar-refractivity contribution in [2.75, 3.05) is 16.3 Å². The Balaban J connectivity index is 2.14. The molecule has 1 atom stereocenters. The number of amidine groups is 1. The number of aromatic nitrogens is 2. The van der Waals surface area contributed by atoms with Crippen LogP contribution in [0.3, 0.4) is 0 Å². The molecule has 1 aliphatic rings. The zero-order chi connectivity index (χ0) is 26.3. The Kier molecular flexibility index (Phi) is 7.23. The minimum absolute atomic E-state index is 0.0740. The van der Waals surface area contributed by atoms with E-state index in [1.54, 1.807) is 0 Å². The predicted molar refractivity (Wildman–Crippen MR) is 137 cm³/mol. The molecular formula is C22H32N5O6PS. The fourth-order valence-electron chi connectivity index (χ4n) is 3.55. The van der Waals surface area contributed by atoms with Crippen molar-refractivity contribution in [3.63, 3.8) is 0 Å². The summed E-state index contributed by atoms with van der Waals surface area (Å²) in [4.78, 5) is 24.1. The van der Waals surface area contributed by atoms with Gasteiger partial charge in [-0.3, -0.25) is 14.1 Å². The number of benzene rings is 1. The van der Waals surface area contributed by atoms with Crippen LogP contribution in [0.15, 0.2) is 27.8 Å². The number of nitrogens with zero attached hydrogens (tertiary/aromatic N) is 3. The first-order valence-corrected chi connectivity index (χ1v) is 14.6. The van der Waals surface area contributed by atoms with Gasteiger partial charge in [0, 0.05) is 12.2 Å². The maximum atomic E-state index is 13.3. The van der Waals surface area contributed by atoms with Crippen LogP contribution in [0.5, 0.6) is 5.75 Å². The van der Waals surface area contributed by atoms with Gasteiger partial charge in [0.05, 0.1) is 17.2 Å². The number of hydrogen-bond donors (Lipinski definition) is 4. The minimum atomic E-state index is -4.42. The maximum absolute atomic E-state index is 13.3. The molecule has 2 aromatic rings. The van der Waals surface area contributed by atoms with Gasteiger partial charge in [-0.15, -0.1) is 0 Å². The summed E-state index contributed by atoms with van der Waals surface area (Å²) in [6, 6.07) is 4.03. The Labute approximate surface area is 204 Å².